The van der Waals surface area contributed by atoms with Crippen molar-refractivity contribution < 1.29 is 19.8 Å². The Morgan fingerprint density at radius 3 is 2.50 bits per heavy atom. The van der Waals surface area contributed by atoms with Gasteiger partial charge in [-0.05, 0) is 20.3 Å². The van der Waals surface area contributed by atoms with Crippen LogP contribution in [-0.2, 0) is 4.79 Å². The summed E-state index contributed by atoms with van der Waals surface area (Å²) in [6.07, 6.45) is 2.39. The topological polar surface area (TPSA) is 81.1 Å². The number of likely N-dealkylation sites (tertiary alicyclic amines) is 1. The van der Waals surface area contributed by atoms with E-state index in [2.05, 4.69) is 6.92 Å². The molecule has 2 unspecified atom stereocenters. The molecule has 0 bridgehead atoms. The average molecular weight is 286 g/mol. The van der Waals surface area contributed by atoms with Gasteiger partial charge in [-0.1, -0.05) is 19.8 Å². The van der Waals surface area contributed by atoms with Crippen LogP contribution < -0.4 is 0 Å². The fourth-order valence-corrected chi connectivity index (χ4v) is 2.53. The minimum absolute atomic E-state index is 0.0199. The summed E-state index contributed by atoms with van der Waals surface area (Å²) in [5.74, 6) is -1.05. The van der Waals surface area contributed by atoms with Gasteiger partial charge >= 0.3 is 12.0 Å². The molecule has 116 valence electrons. The number of carbonyl (C=O) groups excluding carboxylic acids is 1. The Hall–Kier alpha value is -1.30. The summed E-state index contributed by atoms with van der Waals surface area (Å²) >= 11 is 0. The van der Waals surface area contributed by atoms with E-state index in [9.17, 15) is 14.7 Å². The van der Waals surface area contributed by atoms with Crippen LogP contribution in [0.25, 0.3) is 0 Å². The van der Waals surface area contributed by atoms with Crippen LogP contribution in [0.5, 0.6) is 0 Å². The first kappa shape index (κ1) is 16.8. The lowest BCUT2D eigenvalue weighted by Crippen LogP contribution is -2.50. The Morgan fingerprint density at radius 1 is 1.35 bits per heavy atom. The quantitative estimate of drug-likeness (QED) is 0.726. The van der Waals surface area contributed by atoms with Crippen LogP contribution in [0.15, 0.2) is 0 Å². The van der Waals surface area contributed by atoms with Crippen molar-refractivity contribution in [2.75, 3.05) is 13.1 Å². The first-order chi connectivity index (χ1) is 9.38. The number of unbranched alkanes of at least 4 members (excludes halogenated alkanes) is 2. The van der Waals surface area contributed by atoms with Gasteiger partial charge in [0.25, 0.3) is 0 Å². The second-order valence-corrected chi connectivity index (χ2v) is 5.67. The molecule has 0 aliphatic carbocycles. The number of rotatable bonds is 6. The largest absolute Gasteiger partial charge is 0.480 e. The van der Waals surface area contributed by atoms with Crippen molar-refractivity contribution in [3.05, 3.63) is 0 Å². The van der Waals surface area contributed by atoms with Gasteiger partial charge in [0.1, 0.15) is 6.04 Å². The number of aliphatic hydroxyl groups is 1. The number of carboxylic acids is 1. The van der Waals surface area contributed by atoms with Gasteiger partial charge in [-0.15, -0.1) is 0 Å². The lowest BCUT2D eigenvalue weighted by Gasteiger charge is -2.33. The molecule has 0 saturated carbocycles. The summed E-state index contributed by atoms with van der Waals surface area (Å²) in [7, 11) is 0. The predicted molar refractivity (Wildman–Crippen MR) is 75.5 cm³/mol. The molecule has 0 aromatic carbocycles. The van der Waals surface area contributed by atoms with Crippen LogP contribution in [0, 0.1) is 0 Å². The van der Waals surface area contributed by atoms with E-state index in [1.165, 1.54) is 4.90 Å². The number of aliphatic hydroxyl groups excluding tert-OH is 1. The number of amides is 2. The molecule has 1 rings (SSSR count). The van der Waals surface area contributed by atoms with Gasteiger partial charge in [0, 0.05) is 25.6 Å². The molecule has 1 heterocycles. The van der Waals surface area contributed by atoms with E-state index in [-0.39, 0.29) is 25.0 Å². The molecular formula is C14H26N2O4. The molecule has 2 atom stereocenters. The van der Waals surface area contributed by atoms with Gasteiger partial charge < -0.3 is 20.0 Å². The molecule has 1 fully saturated rings. The molecule has 1 aliphatic rings. The first-order valence-corrected chi connectivity index (χ1v) is 7.36. The molecule has 0 spiro atoms. The normalized spacial score (nSPS) is 22.4. The highest BCUT2D eigenvalue weighted by Crippen LogP contribution is 2.21. The van der Waals surface area contributed by atoms with E-state index in [4.69, 9.17) is 5.11 Å². The van der Waals surface area contributed by atoms with Crippen LogP contribution in [0.3, 0.4) is 0 Å². The van der Waals surface area contributed by atoms with Crippen molar-refractivity contribution >= 4 is 12.0 Å². The second kappa shape index (κ2) is 7.47. The van der Waals surface area contributed by atoms with E-state index >= 15 is 0 Å². The maximum Gasteiger partial charge on any atom is 0.326 e. The smallest absolute Gasteiger partial charge is 0.326 e. The molecule has 6 heteroatoms. The molecule has 0 radical (unpaired) electrons. The van der Waals surface area contributed by atoms with Crippen LogP contribution in [0.4, 0.5) is 4.79 Å². The molecule has 6 nitrogen and oxygen atoms in total. The third kappa shape index (κ3) is 4.10. The van der Waals surface area contributed by atoms with Gasteiger partial charge in [0.2, 0.25) is 0 Å². The second-order valence-electron chi connectivity index (χ2n) is 5.67. The van der Waals surface area contributed by atoms with Crippen LogP contribution in [-0.4, -0.2) is 63.3 Å². The Balaban J connectivity index is 2.74. The zero-order chi connectivity index (χ0) is 15.3. The Bertz CT molecular complexity index is 346. The highest BCUT2D eigenvalue weighted by molar-refractivity contribution is 5.83. The number of aliphatic carboxylic acids is 1. The third-order valence-electron chi connectivity index (χ3n) is 3.68. The summed E-state index contributed by atoms with van der Waals surface area (Å²) in [5.41, 5.74) is 0. The van der Waals surface area contributed by atoms with Crippen molar-refractivity contribution in [1.29, 1.82) is 0 Å². The number of hydrogen-bond donors (Lipinski definition) is 2. The average Bonchev–Trinajstić information content (AvgIpc) is 2.76. The number of carbonyl (C=O) groups is 2. The Labute approximate surface area is 120 Å². The summed E-state index contributed by atoms with van der Waals surface area (Å²) < 4.78 is 0. The van der Waals surface area contributed by atoms with Crippen molar-refractivity contribution in [2.24, 2.45) is 0 Å². The van der Waals surface area contributed by atoms with Gasteiger partial charge in [0.15, 0.2) is 0 Å². The van der Waals surface area contributed by atoms with Gasteiger partial charge in [-0.2, -0.15) is 0 Å². The monoisotopic (exact) mass is 286 g/mol. The molecule has 1 saturated heterocycles. The fraction of sp³-hybridized carbons (Fsp3) is 0.857. The van der Waals surface area contributed by atoms with Crippen molar-refractivity contribution in [1.82, 2.24) is 9.80 Å². The van der Waals surface area contributed by atoms with E-state index in [0.29, 0.717) is 6.54 Å². The van der Waals surface area contributed by atoms with E-state index < -0.39 is 18.1 Å². The maximum absolute atomic E-state index is 12.5. The Morgan fingerprint density at radius 2 is 2.00 bits per heavy atom. The summed E-state index contributed by atoms with van der Waals surface area (Å²) in [4.78, 5) is 26.7. The van der Waals surface area contributed by atoms with Crippen LogP contribution >= 0.6 is 0 Å². The molecule has 2 N–H and O–H groups in total. The van der Waals surface area contributed by atoms with Crippen molar-refractivity contribution in [2.45, 2.75) is 64.6 Å². The molecule has 2 amide bonds. The molecular weight excluding hydrogens is 260 g/mol. The molecule has 0 aromatic rings. The van der Waals surface area contributed by atoms with E-state index in [1.54, 1.807) is 4.90 Å². The lowest BCUT2D eigenvalue weighted by atomic mass is 10.2. The number of hydrogen-bond acceptors (Lipinski definition) is 3. The number of nitrogens with zero attached hydrogens (tertiary/aromatic N) is 2. The highest BCUT2D eigenvalue weighted by atomic mass is 16.4. The van der Waals surface area contributed by atoms with Gasteiger partial charge in [-0.25, -0.2) is 9.59 Å². The Kier molecular flexibility index (Phi) is 6.26. The zero-order valence-corrected chi connectivity index (χ0v) is 12.6. The van der Waals surface area contributed by atoms with Gasteiger partial charge in [0.05, 0.1) is 6.10 Å². The minimum atomic E-state index is -1.05. The van der Waals surface area contributed by atoms with Crippen molar-refractivity contribution in [3.63, 3.8) is 0 Å². The molecule has 20 heavy (non-hydrogen) atoms. The number of carboxylic acid groups (broad SMARTS) is 1. The lowest BCUT2D eigenvalue weighted by molar-refractivity contribution is -0.141. The standard InChI is InChI=1S/C14H26N2O4/c1-4-5-6-7-15(10(2)3)14(20)16-9-11(17)8-12(16)13(18)19/h10-12,17H,4-9H2,1-3H3,(H,18,19). The van der Waals surface area contributed by atoms with Crippen molar-refractivity contribution in [3.8, 4) is 0 Å². The fourth-order valence-electron chi connectivity index (χ4n) is 2.53. The summed E-state index contributed by atoms with van der Waals surface area (Å²) in [6, 6.07) is -1.17. The number of β-amino-alcohol motifs (C(OH)–C–C–N with tert-alkyl or cyclic N) is 1. The maximum atomic E-state index is 12.5. The first-order valence-electron chi connectivity index (χ1n) is 7.36. The van der Waals surface area contributed by atoms with E-state index in [1.807, 2.05) is 13.8 Å². The number of urea groups is 1. The predicted octanol–water partition coefficient (Wildman–Crippen LogP) is 1.53. The molecule has 0 aromatic heterocycles. The zero-order valence-electron chi connectivity index (χ0n) is 12.6. The third-order valence-corrected chi connectivity index (χ3v) is 3.68. The van der Waals surface area contributed by atoms with Crippen LogP contribution in [0.1, 0.15) is 46.5 Å². The van der Waals surface area contributed by atoms with Crippen LogP contribution in [0.2, 0.25) is 0 Å². The van der Waals surface area contributed by atoms with Gasteiger partial charge in [-0.3, -0.25) is 0 Å². The highest BCUT2D eigenvalue weighted by Gasteiger charge is 2.40. The summed E-state index contributed by atoms with van der Waals surface area (Å²) in [5, 5.41) is 18.8. The summed E-state index contributed by atoms with van der Waals surface area (Å²) in [6.45, 7) is 6.67. The SMILES string of the molecule is CCCCCN(C(=O)N1CC(O)CC1C(=O)O)C(C)C. The minimum Gasteiger partial charge on any atom is -0.480 e. The molecule has 1 aliphatic heterocycles. The van der Waals surface area contributed by atoms with E-state index in [0.717, 1.165) is 19.3 Å².